The first-order valence-corrected chi connectivity index (χ1v) is 8.74. The molecule has 1 aromatic carbocycles. The molecule has 152 valence electrons. The first-order chi connectivity index (χ1) is 13.2. The summed E-state index contributed by atoms with van der Waals surface area (Å²) < 4.78 is 5.13. The Morgan fingerprint density at radius 1 is 1.14 bits per heavy atom. The molecular formula is C19H26N4O5. The largest absolute Gasteiger partial charge is 0.445 e. The zero-order chi connectivity index (χ0) is 21.1. The molecule has 0 aromatic heterocycles. The average Bonchev–Trinajstić information content (AvgIpc) is 2.62. The van der Waals surface area contributed by atoms with Crippen LogP contribution in [0.25, 0.3) is 0 Å². The lowest BCUT2D eigenvalue weighted by Crippen LogP contribution is -2.48. The maximum atomic E-state index is 12.5. The molecule has 0 aliphatic carbocycles. The fourth-order valence-electron chi connectivity index (χ4n) is 2.17. The minimum Gasteiger partial charge on any atom is -0.445 e. The fourth-order valence-corrected chi connectivity index (χ4v) is 2.17. The molecule has 0 fully saturated rings. The highest BCUT2D eigenvalue weighted by Gasteiger charge is 2.24. The molecule has 0 spiro atoms. The lowest BCUT2D eigenvalue weighted by molar-refractivity contribution is -0.124. The molecular weight excluding hydrogens is 364 g/mol. The third kappa shape index (κ3) is 8.84. The van der Waals surface area contributed by atoms with Gasteiger partial charge in [-0.3, -0.25) is 14.4 Å². The Morgan fingerprint density at radius 3 is 2.32 bits per heavy atom. The van der Waals surface area contributed by atoms with Gasteiger partial charge in [0.1, 0.15) is 18.3 Å². The second-order valence-corrected chi connectivity index (χ2v) is 6.50. The molecule has 0 bridgehead atoms. The predicted octanol–water partition coefficient (Wildman–Crippen LogP) is 0.906. The summed E-state index contributed by atoms with van der Waals surface area (Å²) >= 11 is 0. The summed E-state index contributed by atoms with van der Waals surface area (Å²) in [4.78, 5) is 47.0. The van der Waals surface area contributed by atoms with E-state index in [1.165, 1.54) is 6.92 Å². The number of amides is 4. The van der Waals surface area contributed by atoms with E-state index in [2.05, 4.69) is 16.0 Å². The maximum absolute atomic E-state index is 12.5. The van der Waals surface area contributed by atoms with Crippen molar-refractivity contribution in [2.45, 2.75) is 39.8 Å². The summed E-state index contributed by atoms with van der Waals surface area (Å²) in [6.45, 7) is 5.04. The van der Waals surface area contributed by atoms with Gasteiger partial charge in [-0.15, -0.1) is 0 Å². The Balaban J connectivity index is 2.75. The van der Waals surface area contributed by atoms with Crippen LogP contribution in [0.2, 0.25) is 0 Å². The van der Waals surface area contributed by atoms with Gasteiger partial charge in [0.2, 0.25) is 11.8 Å². The van der Waals surface area contributed by atoms with Crippen LogP contribution in [0.4, 0.5) is 4.79 Å². The number of rotatable bonds is 9. The molecule has 1 aromatic rings. The van der Waals surface area contributed by atoms with Gasteiger partial charge in [-0.1, -0.05) is 44.2 Å². The van der Waals surface area contributed by atoms with Crippen LogP contribution in [-0.2, 0) is 25.7 Å². The molecule has 0 radical (unpaired) electrons. The van der Waals surface area contributed by atoms with Gasteiger partial charge in [0.15, 0.2) is 0 Å². The predicted molar refractivity (Wildman–Crippen MR) is 102 cm³/mol. The number of carbonyl (C=O) groups excluding carboxylic acids is 4. The Morgan fingerprint density at radius 2 is 1.79 bits per heavy atom. The number of ether oxygens (including phenoxy) is 1. The molecule has 9 nitrogen and oxygen atoms in total. The first kappa shape index (κ1) is 22.7. The summed E-state index contributed by atoms with van der Waals surface area (Å²) in [5, 5.41) is 7.07. The van der Waals surface area contributed by atoms with E-state index in [0.717, 1.165) is 11.8 Å². The molecule has 4 amide bonds. The number of hydrogen-bond donors (Lipinski definition) is 4. The summed E-state index contributed by atoms with van der Waals surface area (Å²) in [6, 6.07) is 8.13. The molecule has 1 atom stereocenters. The van der Waals surface area contributed by atoms with Crippen LogP contribution in [0.15, 0.2) is 42.2 Å². The Kier molecular flexibility index (Phi) is 9.21. The smallest absolute Gasteiger partial charge is 0.408 e. The van der Waals surface area contributed by atoms with Crippen molar-refractivity contribution in [1.29, 1.82) is 0 Å². The van der Waals surface area contributed by atoms with Crippen LogP contribution in [0, 0.1) is 5.92 Å². The van der Waals surface area contributed by atoms with Gasteiger partial charge >= 0.3 is 6.09 Å². The van der Waals surface area contributed by atoms with Gasteiger partial charge in [0.25, 0.3) is 5.91 Å². The molecule has 1 rings (SSSR count). The van der Waals surface area contributed by atoms with Gasteiger partial charge in [0.05, 0.1) is 0 Å². The number of nitrogens with two attached hydrogens (primary N) is 1. The van der Waals surface area contributed by atoms with Gasteiger partial charge in [0, 0.05) is 13.1 Å². The summed E-state index contributed by atoms with van der Waals surface area (Å²) in [5.41, 5.74) is 5.71. The highest BCUT2D eigenvalue weighted by atomic mass is 16.5. The molecule has 5 N–H and O–H groups in total. The van der Waals surface area contributed by atoms with Gasteiger partial charge in [-0.25, -0.2) is 4.79 Å². The van der Waals surface area contributed by atoms with Crippen LogP contribution >= 0.6 is 0 Å². The molecule has 0 unspecified atom stereocenters. The van der Waals surface area contributed by atoms with Crippen molar-refractivity contribution < 1.29 is 23.9 Å². The molecule has 9 heteroatoms. The summed E-state index contributed by atoms with van der Waals surface area (Å²) in [5.74, 6) is -1.95. The minimum atomic E-state index is -0.955. The number of alkyl carbamates (subject to hydrolysis) is 1. The first-order valence-electron chi connectivity index (χ1n) is 8.74. The van der Waals surface area contributed by atoms with Crippen LogP contribution in [0.5, 0.6) is 0 Å². The second kappa shape index (κ2) is 11.4. The van der Waals surface area contributed by atoms with E-state index in [9.17, 15) is 19.2 Å². The second-order valence-electron chi connectivity index (χ2n) is 6.50. The Bertz CT molecular complexity index is 731. The maximum Gasteiger partial charge on any atom is 0.408 e. The van der Waals surface area contributed by atoms with E-state index in [1.54, 1.807) is 12.1 Å². The minimum absolute atomic E-state index is 0.0532. The number of nitrogens with one attached hydrogen (secondary N) is 3. The third-order valence-corrected chi connectivity index (χ3v) is 3.47. The lowest BCUT2D eigenvalue weighted by atomic mass is 10.0. The van der Waals surface area contributed by atoms with Gasteiger partial charge in [-0.05, 0) is 17.9 Å². The van der Waals surface area contributed by atoms with E-state index >= 15 is 0 Å². The van der Waals surface area contributed by atoms with Crippen molar-refractivity contribution in [3.8, 4) is 0 Å². The van der Waals surface area contributed by atoms with E-state index in [-0.39, 0.29) is 18.2 Å². The van der Waals surface area contributed by atoms with Crippen molar-refractivity contribution in [3.05, 3.63) is 47.8 Å². The fraction of sp³-hybridized carbons (Fsp3) is 0.368. The van der Waals surface area contributed by atoms with E-state index in [0.29, 0.717) is 6.42 Å². The van der Waals surface area contributed by atoms with Crippen molar-refractivity contribution in [3.63, 3.8) is 0 Å². The van der Waals surface area contributed by atoms with E-state index in [4.69, 9.17) is 10.5 Å². The number of benzene rings is 1. The average molecular weight is 390 g/mol. The van der Waals surface area contributed by atoms with Crippen molar-refractivity contribution >= 4 is 23.8 Å². The van der Waals surface area contributed by atoms with Crippen LogP contribution in [0.1, 0.15) is 32.8 Å². The van der Waals surface area contributed by atoms with E-state index < -0.39 is 29.9 Å². The SMILES string of the molecule is CC(=O)NC=C(NC(=O)[C@H](CC(C)C)NC(=O)OCc1ccccc1)C(N)=O. The summed E-state index contributed by atoms with van der Waals surface area (Å²) in [7, 11) is 0. The normalized spacial score (nSPS) is 12.1. The molecule has 0 aliphatic rings. The molecule has 0 aliphatic heterocycles. The van der Waals surface area contributed by atoms with Crippen LogP contribution < -0.4 is 21.7 Å². The lowest BCUT2D eigenvalue weighted by Gasteiger charge is -2.20. The van der Waals surface area contributed by atoms with Gasteiger partial charge in [-0.2, -0.15) is 0 Å². The number of hydrogen-bond acceptors (Lipinski definition) is 5. The van der Waals surface area contributed by atoms with Crippen molar-refractivity contribution in [2.75, 3.05) is 0 Å². The van der Waals surface area contributed by atoms with Gasteiger partial charge < -0.3 is 26.4 Å². The van der Waals surface area contributed by atoms with Crippen LogP contribution in [-0.4, -0.2) is 29.9 Å². The highest BCUT2D eigenvalue weighted by molar-refractivity contribution is 5.98. The zero-order valence-electron chi connectivity index (χ0n) is 16.2. The molecule has 0 heterocycles. The Hall–Kier alpha value is -3.36. The van der Waals surface area contributed by atoms with Crippen molar-refractivity contribution in [2.24, 2.45) is 11.7 Å². The third-order valence-electron chi connectivity index (χ3n) is 3.47. The van der Waals surface area contributed by atoms with Crippen LogP contribution in [0.3, 0.4) is 0 Å². The monoisotopic (exact) mass is 390 g/mol. The number of primary amides is 1. The molecule has 0 saturated carbocycles. The standard InChI is InChI=1S/C19H26N4O5/c1-12(2)9-15(18(26)22-16(17(20)25)10-21-13(3)24)23-19(27)28-11-14-7-5-4-6-8-14/h4-8,10,12,15H,9,11H2,1-3H3,(H2,20,25)(H,21,24)(H,22,26)(H,23,27)/t15-/m0/s1. The van der Waals surface area contributed by atoms with Crippen molar-refractivity contribution in [1.82, 2.24) is 16.0 Å². The summed E-state index contributed by atoms with van der Waals surface area (Å²) in [6.07, 6.45) is 0.539. The van der Waals surface area contributed by atoms with E-state index in [1.807, 2.05) is 32.0 Å². The topological polar surface area (TPSA) is 140 Å². The number of carbonyl (C=O) groups is 4. The zero-order valence-corrected chi connectivity index (χ0v) is 16.2. The Labute approximate surface area is 163 Å². The molecule has 0 saturated heterocycles. The molecule has 28 heavy (non-hydrogen) atoms. The quantitative estimate of drug-likeness (QED) is 0.464. The highest BCUT2D eigenvalue weighted by Crippen LogP contribution is 2.07.